The molecule has 2 N–H and O–H groups in total. The van der Waals surface area contributed by atoms with Crippen molar-refractivity contribution in [2.24, 2.45) is 0 Å². The highest BCUT2D eigenvalue weighted by atomic mass is 16.5. The van der Waals surface area contributed by atoms with Crippen molar-refractivity contribution in [1.29, 1.82) is 0 Å². The van der Waals surface area contributed by atoms with Crippen molar-refractivity contribution in [1.82, 2.24) is 10.6 Å². The Kier molecular flexibility index (Phi) is 5.13. The number of nitrogens with one attached hydrogen (secondary N) is 2. The molecule has 1 amide bonds. The summed E-state index contributed by atoms with van der Waals surface area (Å²) < 4.78 is 15.9. The van der Waals surface area contributed by atoms with E-state index in [-0.39, 0.29) is 11.4 Å². The molecule has 1 aromatic rings. The first-order chi connectivity index (χ1) is 10.5. The smallest absolute Gasteiger partial charge is 0.251 e. The van der Waals surface area contributed by atoms with Gasteiger partial charge in [-0.05, 0) is 45.0 Å². The Balaban J connectivity index is 2.25. The van der Waals surface area contributed by atoms with Gasteiger partial charge in [0, 0.05) is 11.1 Å². The Morgan fingerprint density at radius 1 is 1.09 bits per heavy atom. The van der Waals surface area contributed by atoms with Crippen molar-refractivity contribution in [3.8, 4) is 17.2 Å². The SMILES string of the molecule is COc1cc(C(=O)NC2(C)CCNCC2)cc(OC)c1OC. The number of rotatable bonds is 5. The molecule has 6 nitrogen and oxygen atoms in total. The first kappa shape index (κ1) is 16.4. The molecule has 0 atom stereocenters. The summed E-state index contributed by atoms with van der Waals surface area (Å²) in [4.78, 5) is 12.6. The van der Waals surface area contributed by atoms with Crippen molar-refractivity contribution in [3.05, 3.63) is 17.7 Å². The first-order valence-electron chi connectivity index (χ1n) is 7.36. The zero-order chi connectivity index (χ0) is 16.2. The first-order valence-corrected chi connectivity index (χ1v) is 7.36. The Bertz CT molecular complexity index is 514. The van der Waals surface area contributed by atoms with E-state index >= 15 is 0 Å². The molecule has 0 radical (unpaired) electrons. The third kappa shape index (κ3) is 3.44. The number of methoxy groups -OCH3 is 3. The van der Waals surface area contributed by atoms with Gasteiger partial charge in [0.15, 0.2) is 11.5 Å². The summed E-state index contributed by atoms with van der Waals surface area (Å²) in [5, 5.41) is 6.42. The summed E-state index contributed by atoms with van der Waals surface area (Å²) in [6.45, 7) is 3.89. The summed E-state index contributed by atoms with van der Waals surface area (Å²) in [7, 11) is 4.61. The van der Waals surface area contributed by atoms with Gasteiger partial charge in [-0.3, -0.25) is 4.79 Å². The van der Waals surface area contributed by atoms with Crippen LogP contribution in [0.15, 0.2) is 12.1 Å². The monoisotopic (exact) mass is 308 g/mol. The molecule has 0 saturated carbocycles. The molecule has 1 saturated heterocycles. The average Bonchev–Trinajstić information content (AvgIpc) is 2.53. The predicted molar refractivity (Wildman–Crippen MR) is 84.1 cm³/mol. The predicted octanol–water partition coefficient (Wildman–Crippen LogP) is 1.58. The molecule has 1 aliphatic rings. The normalized spacial score (nSPS) is 16.7. The van der Waals surface area contributed by atoms with Gasteiger partial charge < -0.3 is 24.8 Å². The van der Waals surface area contributed by atoms with Crippen molar-refractivity contribution < 1.29 is 19.0 Å². The molecule has 2 rings (SSSR count). The van der Waals surface area contributed by atoms with E-state index in [0.29, 0.717) is 22.8 Å². The lowest BCUT2D eigenvalue weighted by Crippen LogP contribution is -2.52. The quantitative estimate of drug-likeness (QED) is 0.864. The van der Waals surface area contributed by atoms with Gasteiger partial charge in [-0.2, -0.15) is 0 Å². The van der Waals surface area contributed by atoms with E-state index in [0.717, 1.165) is 25.9 Å². The van der Waals surface area contributed by atoms with Crippen molar-refractivity contribution in [2.45, 2.75) is 25.3 Å². The molecule has 1 aliphatic heterocycles. The van der Waals surface area contributed by atoms with E-state index in [9.17, 15) is 4.79 Å². The van der Waals surface area contributed by atoms with E-state index in [1.807, 2.05) is 0 Å². The lowest BCUT2D eigenvalue weighted by Gasteiger charge is -2.35. The van der Waals surface area contributed by atoms with Crippen LogP contribution in [-0.4, -0.2) is 45.9 Å². The summed E-state index contributed by atoms with van der Waals surface area (Å²) in [5.74, 6) is 1.29. The zero-order valence-corrected chi connectivity index (χ0v) is 13.6. The standard InChI is InChI=1S/C16H24N2O4/c1-16(5-7-17-8-6-16)18-15(19)11-9-12(20-2)14(22-4)13(10-11)21-3/h9-10,17H,5-8H2,1-4H3,(H,18,19). The largest absolute Gasteiger partial charge is 0.493 e. The maximum Gasteiger partial charge on any atom is 0.251 e. The van der Waals surface area contributed by atoms with Crippen molar-refractivity contribution in [2.75, 3.05) is 34.4 Å². The lowest BCUT2D eigenvalue weighted by molar-refractivity contribution is 0.0886. The van der Waals surface area contributed by atoms with E-state index in [1.165, 1.54) is 21.3 Å². The van der Waals surface area contributed by atoms with Crippen LogP contribution in [0.5, 0.6) is 17.2 Å². The van der Waals surface area contributed by atoms with Crippen LogP contribution in [-0.2, 0) is 0 Å². The fraction of sp³-hybridized carbons (Fsp3) is 0.562. The van der Waals surface area contributed by atoms with Gasteiger partial charge in [-0.25, -0.2) is 0 Å². The highest BCUT2D eigenvalue weighted by molar-refractivity contribution is 5.96. The van der Waals surface area contributed by atoms with Crippen LogP contribution < -0.4 is 24.8 Å². The Labute approximate surface area is 131 Å². The number of ether oxygens (including phenoxy) is 3. The molecule has 0 unspecified atom stereocenters. The highest BCUT2D eigenvalue weighted by Gasteiger charge is 2.29. The van der Waals surface area contributed by atoms with Crippen LogP contribution in [0.4, 0.5) is 0 Å². The summed E-state index contributed by atoms with van der Waals surface area (Å²) in [6.07, 6.45) is 1.81. The second-order valence-corrected chi connectivity index (χ2v) is 5.68. The van der Waals surface area contributed by atoms with Gasteiger partial charge >= 0.3 is 0 Å². The van der Waals surface area contributed by atoms with Crippen LogP contribution in [0, 0.1) is 0 Å². The molecule has 122 valence electrons. The topological polar surface area (TPSA) is 68.8 Å². The molecule has 0 aliphatic carbocycles. The molecule has 0 aromatic heterocycles. The van der Waals surface area contributed by atoms with Crippen molar-refractivity contribution in [3.63, 3.8) is 0 Å². The minimum absolute atomic E-state index is 0.136. The van der Waals surface area contributed by atoms with E-state index in [4.69, 9.17) is 14.2 Å². The van der Waals surface area contributed by atoms with Crippen molar-refractivity contribution >= 4 is 5.91 Å². The number of piperidine rings is 1. The molecule has 1 heterocycles. The Hall–Kier alpha value is -1.95. The maximum absolute atomic E-state index is 12.6. The number of hydrogen-bond donors (Lipinski definition) is 2. The van der Waals surface area contributed by atoms with Gasteiger partial charge in [0.2, 0.25) is 5.75 Å². The minimum atomic E-state index is -0.192. The zero-order valence-electron chi connectivity index (χ0n) is 13.6. The average molecular weight is 308 g/mol. The number of amides is 1. The van der Waals surface area contributed by atoms with Crippen LogP contribution in [0.1, 0.15) is 30.1 Å². The van der Waals surface area contributed by atoms with Crippen LogP contribution in [0.3, 0.4) is 0 Å². The third-order valence-electron chi connectivity index (χ3n) is 4.05. The number of carbonyl (C=O) groups excluding carboxylic acids is 1. The van der Waals surface area contributed by atoms with E-state index in [1.54, 1.807) is 12.1 Å². The van der Waals surface area contributed by atoms with Crippen LogP contribution in [0.2, 0.25) is 0 Å². The molecule has 1 aromatic carbocycles. The molecule has 6 heteroatoms. The summed E-state index contributed by atoms with van der Waals surface area (Å²) in [5.41, 5.74) is 0.303. The second kappa shape index (κ2) is 6.87. The molecule has 0 bridgehead atoms. The van der Waals surface area contributed by atoms with Gasteiger partial charge in [-0.15, -0.1) is 0 Å². The number of benzene rings is 1. The van der Waals surface area contributed by atoms with Gasteiger partial charge in [0.25, 0.3) is 5.91 Å². The number of hydrogen-bond acceptors (Lipinski definition) is 5. The summed E-state index contributed by atoms with van der Waals surface area (Å²) >= 11 is 0. The van der Waals surface area contributed by atoms with E-state index < -0.39 is 0 Å². The second-order valence-electron chi connectivity index (χ2n) is 5.68. The lowest BCUT2D eigenvalue weighted by atomic mass is 9.90. The Morgan fingerprint density at radius 2 is 1.64 bits per heavy atom. The fourth-order valence-electron chi connectivity index (χ4n) is 2.66. The molecular weight excluding hydrogens is 284 g/mol. The Morgan fingerprint density at radius 3 is 2.09 bits per heavy atom. The summed E-state index contributed by atoms with van der Waals surface area (Å²) in [6, 6.07) is 3.34. The molecular formula is C16H24N2O4. The molecule has 1 fully saturated rings. The van der Waals surface area contributed by atoms with Crippen LogP contribution >= 0.6 is 0 Å². The molecule has 0 spiro atoms. The third-order valence-corrected chi connectivity index (χ3v) is 4.05. The van der Waals surface area contributed by atoms with Gasteiger partial charge in [0.1, 0.15) is 0 Å². The van der Waals surface area contributed by atoms with Crippen LogP contribution in [0.25, 0.3) is 0 Å². The maximum atomic E-state index is 12.6. The molecule has 22 heavy (non-hydrogen) atoms. The fourth-order valence-corrected chi connectivity index (χ4v) is 2.66. The highest BCUT2D eigenvalue weighted by Crippen LogP contribution is 2.38. The minimum Gasteiger partial charge on any atom is -0.493 e. The number of carbonyl (C=O) groups is 1. The van der Waals surface area contributed by atoms with Gasteiger partial charge in [0.05, 0.1) is 21.3 Å². The van der Waals surface area contributed by atoms with E-state index in [2.05, 4.69) is 17.6 Å². The van der Waals surface area contributed by atoms with Gasteiger partial charge in [-0.1, -0.05) is 0 Å².